The van der Waals surface area contributed by atoms with E-state index in [2.05, 4.69) is 166 Å². The van der Waals surface area contributed by atoms with Crippen molar-refractivity contribution in [2.24, 2.45) is 0 Å². The van der Waals surface area contributed by atoms with Crippen molar-refractivity contribution in [1.82, 2.24) is 0 Å². The number of aryl methyl sites for hydroxylation is 1. The smallest absolute Gasteiger partial charge is 0.0294 e. The third-order valence-electron chi connectivity index (χ3n) is 9.70. The van der Waals surface area contributed by atoms with Crippen LogP contribution in [-0.2, 0) is 12.8 Å². The molecule has 6 aromatic carbocycles. The van der Waals surface area contributed by atoms with E-state index in [-0.39, 0.29) is 5.92 Å². The van der Waals surface area contributed by atoms with E-state index in [1.165, 1.54) is 82.8 Å². The lowest BCUT2D eigenvalue weighted by Gasteiger charge is -2.21. The minimum Gasteiger partial charge on any atom is -0.0641 e. The summed E-state index contributed by atoms with van der Waals surface area (Å²) in [4.78, 5) is 0. The molecule has 0 radical (unpaired) electrons. The molecule has 0 spiro atoms. The Morgan fingerprint density at radius 1 is 0.578 bits per heavy atom. The molecule has 8 rings (SSSR count). The van der Waals surface area contributed by atoms with Crippen LogP contribution in [0, 0.1) is 0 Å². The van der Waals surface area contributed by atoms with Gasteiger partial charge in [-0.25, -0.2) is 0 Å². The molecule has 0 heteroatoms. The van der Waals surface area contributed by atoms with Crippen LogP contribution in [0.15, 0.2) is 146 Å². The number of fused-ring (bicyclic) bond motifs is 4. The lowest BCUT2D eigenvalue weighted by atomic mass is 9.82. The fourth-order valence-corrected chi connectivity index (χ4v) is 7.61. The van der Waals surface area contributed by atoms with Gasteiger partial charge in [-0.15, -0.1) is 0 Å². The fourth-order valence-electron chi connectivity index (χ4n) is 7.61. The topological polar surface area (TPSA) is 0 Å². The van der Waals surface area contributed by atoms with Crippen molar-refractivity contribution >= 4 is 17.2 Å². The van der Waals surface area contributed by atoms with Gasteiger partial charge in [-0.05, 0) is 108 Å². The average molecular weight is 577 g/mol. The average Bonchev–Trinajstić information content (AvgIpc) is 3.67. The molecule has 0 bridgehead atoms. The highest BCUT2D eigenvalue weighted by Gasteiger charge is 2.30. The normalized spacial score (nSPS) is 14.3. The maximum absolute atomic E-state index is 2.54. The van der Waals surface area contributed by atoms with Crippen LogP contribution in [0.1, 0.15) is 69.8 Å². The van der Waals surface area contributed by atoms with Gasteiger partial charge < -0.3 is 0 Å². The molecule has 2 aliphatic rings. The molecule has 1 atom stereocenters. The summed E-state index contributed by atoms with van der Waals surface area (Å²) >= 11 is 0. The van der Waals surface area contributed by atoms with Crippen LogP contribution in [0.3, 0.4) is 0 Å². The van der Waals surface area contributed by atoms with Crippen molar-refractivity contribution < 1.29 is 0 Å². The first-order chi connectivity index (χ1) is 22.2. The SMILES string of the molecule is CCc1ccc2c(c1)C=c1c-2cc(=C(c2ccccc2)c2ccccc2)c(CC)c1C1C=C(c2ccccc2)c2ccccc21. The molecule has 0 saturated heterocycles. The highest BCUT2D eigenvalue weighted by atomic mass is 14.3. The van der Waals surface area contributed by atoms with Crippen LogP contribution in [0.25, 0.3) is 28.3 Å². The number of benzene rings is 6. The number of hydrogen-bond donors (Lipinski definition) is 0. The van der Waals surface area contributed by atoms with Gasteiger partial charge in [-0.1, -0.05) is 153 Å². The Morgan fingerprint density at radius 2 is 1.22 bits per heavy atom. The standard InChI is InChI=1S/C45H36/c1-3-30-24-25-36-34(26-30)27-41-40(36)29-42(44(32-18-10-6-11-19-32)33-20-12-7-13-21-33)35(4-2)45(41)43-28-39(31-16-8-5-9-17-31)37-22-14-15-23-38(37)43/h5-29,43H,3-4H2,1-2H3. The van der Waals surface area contributed by atoms with Crippen LogP contribution in [-0.4, -0.2) is 0 Å². The van der Waals surface area contributed by atoms with Gasteiger partial charge in [0.05, 0.1) is 0 Å². The van der Waals surface area contributed by atoms with Crippen LogP contribution >= 0.6 is 0 Å². The number of allylic oxidation sites excluding steroid dienone is 1. The van der Waals surface area contributed by atoms with Crippen molar-refractivity contribution in [3.05, 3.63) is 206 Å². The maximum atomic E-state index is 2.54. The second-order valence-electron chi connectivity index (χ2n) is 12.2. The first-order valence-electron chi connectivity index (χ1n) is 16.3. The Morgan fingerprint density at radius 3 is 1.89 bits per heavy atom. The van der Waals surface area contributed by atoms with E-state index < -0.39 is 0 Å². The third kappa shape index (κ3) is 4.61. The summed E-state index contributed by atoms with van der Waals surface area (Å²) in [7, 11) is 0. The van der Waals surface area contributed by atoms with Crippen LogP contribution in [0.5, 0.6) is 0 Å². The highest BCUT2D eigenvalue weighted by molar-refractivity contribution is 5.90. The Labute approximate surface area is 266 Å². The monoisotopic (exact) mass is 576 g/mol. The van der Waals surface area contributed by atoms with E-state index in [1.807, 2.05) is 0 Å². The highest BCUT2D eigenvalue weighted by Crippen LogP contribution is 2.44. The molecule has 6 aromatic rings. The predicted octanol–water partition coefficient (Wildman–Crippen LogP) is 9.45. The molecule has 2 aliphatic carbocycles. The molecule has 0 N–H and O–H groups in total. The lowest BCUT2D eigenvalue weighted by molar-refractivity contribution is 0.967. The zero-order valence-corrected chi connectivity index (χ0v) is 25.9. The quantitative estimate of drug-likeness (QED) is 0.185. The number of rotatable bonds is 6. The molecular formula is C45H36. The van der Waals surface area contributed by atoms with Gasteiger partial charge >= 0.3 is 0 Å². The van der Waals surface area contributed by atoms with Crippen molar-refractivity contribution in [2.75, 3.05) is 0 Å². The van der Waals surface area contributed by atoms with Gasteiger partial charge in [0.15, 0.2) is 0 Å². The van der Waals surface area contributed by atoms with Gasteiger partial charge in [-0.3, -0.25) is 0 Å². The van der Waals surface area contributed by atoms with Gasteiger partial charge in [0.25, 0.3) is 0 Å². The minimum atomic E-state index is 0.157. The molecule has 0 aromatic heterocycles. The molecule has 45 heavy (non-hydrogen) atoms. The van der Waals surface area contributed by atoms with E-state index in [1.54, 1.807) is 0 Å². The Bertz CT molecular complexity index is 2160. The predicted molar refractivity (Wildman–Crippen MR) is 190 cm³/mol. The Kier molecular flexibility index (Phi) is 6.92. The molecule has 0 fully saturated rings. The molecule has 0 amide bonds. The summed E-state index contributed by atoms with van der Waals surface area (Å²) < 4.78 is 0. The maximum Gasteiger partial charge on any atom is 0.0294 e. The molecule has 0 heterocycles. The van der Waals surface area contributed by atoms with Crippen LogP contribution in [0.2, 0.25) is 0 Å². The van der Waals surface area contributed by atoms with Crippen molar-refractivity contribution in [2.45, 2.75) is 32.6 Å². The van der Waals surface area contributed by atoms with Crippen LogP contribution in [0.4, 0.5) is 0 Å². The molecule has 0 nitrogen and oxygen atoms in total. The Hall–Kier alpha value is -5.20. The zero-order chi connectivity index (χ0) is 30.3. The summed E-state index contributed by atoms with van der Waals surface area (Å²) in [5, 5.41) is 2.72. The fraction of sp³-hybridized carbons (Fsp3) is 0.111. The largest absolute Gasteiger partial charge is 0.0641 e. The van der Waals surface area contributed by atoms with E-state index in [4.69, 9.17) is 0 Å². The van der Waals surface area contributed by atoms with Gasteiger partial charge in [0, 0.05) is 5.92 Å². The molecule has 1 unspecified atom stereocenters. The summed E-state index contributed by atoms with van der Waals surface area (Å²) in [5.74, 6) is 0.157. The number of hydrogen-bond acceptors (Lipinski definition) is 0. The van der Waals surface area contributed by atoms with Crippen LogP contribution < -0.4 is 10.4 Å². The van der Waals surface area contributed by atoms with Gasteiger partial charge in [0.1, 0.15) is 0 Å². The summed E-state index contributed by atoms with van der Waals surface area (Å²) in [6, 6.07) is 51.5. The second-order valence-corrected chi connectivity index (χ2v) is 12.2. The van der Waals surface area contributed by atoms with Crippen molar-refractivity contribution in [3.63, 3.8) is 0 Å². The minimum absolute atomic E-state index is 0.157. The summed E-state index contributed by atoms with van der Waals surface area (Å²) in [6.45, 7) is 4.58. The summed E-state index contributed by atoms with van der Waals surface area (Å²) in [6.07, 6.45) is 6.99. The van der Waals surface area contributed by atoms with E-state index in [0.717, 1.165) is 12.8 Å². The first-order valence-corrected chi connectivity index (χ1v) is 16.3. The summed E-state index contributed by atoms with van der Waals surface area (Å²) in [5.41, 5.74) is 17.4. The molecule has 0 aliphatic heterocycles. The van der Waals surface area contributed by atoms with E-state index in [9.17, 15) is 0 Å². The van der Waals surface area contributed by atoms with Gasteiger partial charge in [-0.2, -0.15) is 0 Å². The Balaban J connectivity index is 1.53. The van der Waals surface area contributed by atoms with Crippen molar-refractivity contribution in [1.29, 1.82) is 0 Å². The molecule has 0 saturated carbocycles. The molecule has 216 valence electrons. The first kappa shape index (κ1) is 27.4. The van der Waals surface area contributed by atoms with E-state index >= 15 is 0 Å². The van der Waals surface area contributed by atoms with Gasteiger partial charge in [0.2, 0.25) is 0 Å². The van der Waals surface area contributed by atoms with Crippen molar-refractivity contribution in [3.8, 4) is 11.1 Å². The van der Waals surface area contributed by atoms with E-state index in [0.29, 0.717) is 0 Å². The lowest BCUT2D eigenvalue weighted by Crippen LogP contribution is -2.27. The third-order valence-corrected chi connectivity index (χ3v) is 9.70. The zero-order valence-electron chi connectivity index (χ0n) is 25.9. The molecular weight excluding hydrogens is 540 g/mol. The second kappa shape index (κ2) is 11.4.